The van der Waals surface area contributed by atoms with Crippen LogP contribution < -0.4 is 10.6 Å². The molecule has 1 aromatic heterocycles. The first kappa shape index (κ1) is 27.7. The van der Waals surface area contributed by atoms with Crippen molar-refractivity contribution in [1.82, 2.24) is 20.4 Å². The van der Waals surface area contributed by atoms with E-state index in [1.54, 1.807) is 0 Å². The quantitative estimate of drug-likeness (QED) is 0.256. The zero-order valence-corrected chi connectivity index (χ0v) is 22.5. The maximum absolute atomic E-state index is 14.0. The molecule has 40 heavy (non-hydrogen) atoms. The van der Waals surface area contributed by atoms with E-state index in [1.165, 1.54) is 17.7 Å². The van der Waals surface area contributed by atoms with Crippen LogP contribution >= 0.6 is 0 Å². The number of hydrogen-bond acceptors (Lipinski definition) is 4. The zero-order chi connectivity index (χ0) is 28.1. The Labute approximate surface area is 233 Å². The lowest BCUT2D eigenvalue weighted by molar-refractivity contribution is 0.0824. The number of carbonyl (C=O) groups is 1. The Bertz CT molecular complexity index is 1450. The fourth-order valence-corrected chi connectivity index (χ4v) is 5.37. The Hall–Kier alpha value is -3.88. The van der Waals surface area contributed by atoms with Crippen LogP contribution in [0.15, 0.2) is 72.8 Å². The summed E-state index contributed by atoms with van der Waals surface area (Å²) >= 11 is 0. The van der Waals surface area contributed by atoms with Gasteiger partial charge in [-0.05, 0) is 73.1 Å². The van der Waals surface area contributed by atoms with Crippen molar-refractivity contribution in [2.75, 3.05) is 6.54 Å². The Kier molecular flexibility index (Phi) is 8.67. The average molecular weight is 545 g/mol. The van der Waals surface area contributed by atoms with Crippen molar-refractivity contribution in [2.24, 2.45) is 0 Å². The highest BCUT2D eigenvalue weighted by molar-refractivity contribution is 5.94. The van der Waals surface area contributed by atoms with Gasteiger partial charge in [0.25, 0.3) is 5.91 Å². The van der Waals surface area contributed by atoms with Crippen LogP contribution in [0.5, 0.6) is 0 Å². The molecular formula is C32H34F2N4O2. The van der Waals surface area contributed by atoms with Gasteiger partial charge in [-0.15, -0.1) is 0 Å². The van der Waals surface area contributed by atoms with Crippen LogP contribution in [0.25, 0.3) is 5.69 Å². The number of benzene rings is 3. The van der Waals surface area contributed by atoms with Crippen LogP contribution in [-0.2, 0) is 32.2 Å². The lowest BCUT2D eigenvalue weighted by Crippen LogP contribution is -2.49. The first-order valence-electron chi connectivity index (χ1n) is 13.8. The molecule has 0 spiro atoms. The van der Waals surface area contributed by atoms with Crippen LogP contribution in [-0.4, -0.2) is 39.5 Å². The lowest BCUT2D eigenvalue weighted by atomic mass is 10.00. The van der Waals surface area contributed by atoms with E-state index in [4.69, 9.17) is 0 Å². The van der Waals surface area contributed by atoms with Crippen molar-refractivity contribution in [2.45, 2.75) is 57.7 Å². The molecule has 1 aliphatic rings. The Morgan fingerprint density at radius 1 is 0.975 bits per heavy atom. The molecule has 0 saturated carbocycles. The minimum absolute atomic E-state index is 0.0518. The molecule has 6 nitrogen and oxygen atoms in total. The molecule has 3 aromatic carbocycles. The number of amides is 1. The van der Waals surface area contributed by atoms with Gasteiger partial charge in [0, 0.05) is 30.4 Å². The van der Waals surface area contributed by atoms with Gasteiger partial charge in [0.15, 0.2) is 5.69 Å². The fraction of sp³-hybridized carbons (Fsp3) is 0.312. The number of carbonyl (C=O) groups excluding carboxylic acids is 1. The number of para-hydroxylation sites is 1. The molecule has 2 unspecified atom stereocenters. The van der Waals surface area contributed by atoms with Gasteiger partial charge in [-0.2, -0.15) is 5.10 Å². The molecule has 3 N–H and O–H groups in total. The predicted molar refractivity (Wildman–Crippen MR) is 150 cm³/mol. The predicted octanol–water partition coefficient (Wildman–Crippen LogP) is 4.69. The first-order valence-corrected chi connectivity index (χ1v) is 13.8. The summed E-state index contributed by atoms with van der Waals surface area (Å²) in [4.78, 5) is 13.6. The Morgan fingerprint density at radius 2 is 1.73 bits per heavy atom. The second-order valence-electron chi connectivity index (χ2n) is 10.3. The number of halogens is 2. The Morgan fingerprint density at radius 3 is 2.48 bits per heavy atom. The van der Waals surface area contributed by atoms with E-state index in [9.17, 15) is 18.7 Å². The van der Waals surface area contributed by atoms with Crippen LogP contribution in [0.4, 0.5) is 8.78 Å². The van der Waals surface area contributed by atoms with E-state index in [0.29, 0.717) is 17.8 Å². The third-order valence-electron chi connectivity index (χ3n) is 7.39. The molecule has 0 aliphatic heterocycles. The summed E-state index contributed by atoms with van der Waals surface area (Å²) < 4.78 is 29.7. The van der Waals surface area contributed by atoms with Crippen LogP contribution in [0.2, 0.25) is 0 Å². The fourth-order valence-electron chi connectivity index (χ4n) is 5.37. The largest absolute Gasteiger partial charge is 0.390 e. The van der Waals surface area contributed by atoms with Gasteiger partial charge >= 0.3 is 0 Å². The van der Waals surface area contributed by atoms with E-state index in [2.05, 4.69) is 34.8 Å². The first-order chi connectivity index (χ1) is 19.4. The maximum atomic E-state index is 14.0. The number of nitrogens with one attached hydrogen (secondary N) is 2. The molecular weight excluding hydrogens is 510 g/mol. The summed E-state index contributed by atoms with van der Waals surface area (Å²) in [6, 6.07) is 20.3. The molecule has 1 heterocycles. The molecule has 1 amide bonds. The number of rotatable bonds is 11. The molecule has 0 saturated heterocycles. The van der Waals surface area contributed by atoms with Crippen molar-refractivity contribution in [3.8, 4) is 5.69 Å². The van der Waals surface area contributed by atoms with Crippen molar-refractivity contribution < 1.29 is 18.7 Å². The third kappa shape index (κ3) is 6.46. The second kappa shape index (κ2) is 12.5. The van der Waals surface area contributed by atoms with Crippen LogP contribution in [0.3, 0.4) is 0 Å². The molecule has 1 aliphatic carbocycles. The summed E-state index contributed by atoms with van der Waals surface area (Å²) in [7, 11) is 0. The number of aliphatic hydroxyl groups is 1. The molecule has 5 rings (SSSR count). The van der Waals surface area contributed by atoms with E-state index < -0.39 is 29.7 Å². The van der Waals surface area contributed by atoms with Crippen molar-refractivity contribution >= 4 is 5.91 Å². The van der Waals surface area contributed by atoms with E-state index in [1.807, 2.05) is 47.1 Å². The van der Waals surface area contributed by atoms with Gasteiger partial charge in [-0.1, -0.05) is 49.4 Å². The monoisotopic (exact) mass is 544 g/mol. The normalized spacial score (nSPS) is 14.1. The van der Waals surface area contributed by atoms with Crippen molar-refractivity contribution in [1.29, 1.82) is 0 Å². The average Bonchev–Trinajstić information content (AvgIpc) is 3.56. The standard InChI is InChI=1S/C32H34F2N4O2/c1-2-21-8-6-9-22(14-21)19-35-20-30(39)28(17-23-15-24(33)18-25(34)16-23)36-32(40)31-27-12-7-13-29(27)38(37-31)26-10-4-3-5-11-26/h3-6,8-11,14-16,18,28,30,35,39H,2,7,12-13,17,19-20H2,1H3,(H,36,40). The highest BCUT2D eigenvalue weighted by Crippen LogP contribution is 2.28. The zero-order valence-electron chi connectivity index (χ0n) is 22.5. The smallest absolute Gasteiger partial charge is 0.272 e. The number of aromatic nitrogens is 2. The van der Waals surface area contributed by atoms with Crippen molar-refractivity contribution in [3.05, 3.63) is 118 Å². The van der Waals surface area contributed by atoms with Crippen LogP contribution in [0, 0.1) is 11.6 Å². The highest BCUT2D eigenvalue weighted by atomic mass is 19.1. The van der Waals surface area contributed by atoms with Gasteiger partial charge in [0.05, 0.1) is 17.8 Å². The molecule has 2 atom stereocenters. The van der Waals surface area contributed by atoms with Gasteiger partial charge < -0.3 is 15.7 Å². The highest BCUT2D eigenvalue weighted by Gasteiger charge is 2.30. The Balaban J connectivity index is 1.35. The minimum atomic E-state index is -1.02. The summed E-state index contributed by atoms with van der Waals surface area (Å²) in [5.41, 5.74) is 5.77. The van der Waals surface area contributed by atoms with Gasteiger partial charge in [0.1, 0.15) is 11.6 Å². The molecule has 8 heteroatoms. The lowest BCUT2D eigenvalue weighted by Gasteiger charge is -2.25. The molecule has 0 fully saturated rings. The summed E-state index contributed by atoms with van der Waals surface area (Å²) in [5, 5.41) is 22.0. The van der Waals surface area contributed by atoms with Crippen LogP contribution in [0.1, 0.15) is 51.8 Å². The minimum Gasteiger partial charge on any atom is -0.390 e. The second-order valence-corrected chi connectivity index (χ2v) is 10.3. The number of nitrogens with zero attached hydrogens (tertiary/aromatic N) is 2. The maximum Gasteiger partial charge on any atom is 0.272 e. The number of fused-ring (bicyclic) bond motifs is 1. The summed E-state index contributed by atoms with van der Waals surface area (Å²) in [6.45, 7) is 2.81. The van der Waals surface area contributed by atoms with Gasteiger partial charge in [0.2, 0.25) is 0 Å². The van der Waals surface area contributed by atoms with Gasteiger partial charge in [-0.25, -0.2) is 13.5 Å². The molecule has 0 radical (unpaired) electrons. The van der Waals surface area contributed by atoms with Gasteiger partial charge in [-0.3, -0.25) is 4.79 Å². The van der Waals surface area contributed by atoms with E-state index >= 15 is 0 Å². The number of aliphatic hydroxyl groups excluding tert-OH is 1. The van der Waals surface area contributed by atoms with E-state index in [-0.39, 0.29) is 13.0 Å². The molecule has 0 bridgehead atoms. The summed E-state index contributed by atoms with van der Waals surface area (Å²) in [6.07, 6.45) is 2.45. The topological polar surface area (TPSA) is 79.2 Å². The summed E-state index contributed by atoms with van der Waals surface area (Å²) in [5.74, 6) is -1.82. The molecule has 208 valence electrons. The molecule has 4 aromatic rings. The third-order valence-corrected chi connectivity index (χ3v) is 7.39. The van der Waals surface area contributed by atoms with Crippen molar-refractivity contribution in [3.63, 3.8) is 0 Å². The number of aryl methyl sites for hydroxylation is 1. The number of hydrogen-bond donors (Lipinski definition) is 3. The van der Waals surface area contributed by atoms with E-state index in [0.717, 1.165) is 54.3 Å². The SMILES string of the molecule is CCc1cccc(CNCC(O)C(Cc2cc(F)cc(F)c2)NC(=O)c2nn(-c3ccccc3)c3c2CCC3)c1.